The standard InChI is InChI=1S/C25H18ClN2O2/c1-15-7-8-16(12-20(15)26)14-28-21-5-2-4-19(25(27)29)24(21)18-10-9-17(13-22(18)28)23-6-3-11-30-23/h2-9,11-13H,14H2,1H3,(H2,27,29). The topological polar surface area (TPSA) is 61.2 Å². The number of primary amides is 1. The van der Waals surface area contributed by atoms with Gasteiger partial charge in [0.25, 0.3) is 0 Å². The molecule has 4 nitrogen and oxygen atoms in total. The molecule has 0 aliphatic rings. The summed E-state index contributed by atoms with van der Waals surface area (Å²) >= 11 is 6.36. The highest BCUT2D eigenvalue weighted by molar-refractivity contribution is 6.31. The Morgan fingerprint density at radius 3 is 2.73 bits per heavy atom. The Hall–Kier alpha value is -3.50. The number of aryl methyl sites for hydroxylation is 1. The summed E-state index contributed by atoms with van der Waals surface area (Å²) in [6.45, 7) is 2.58. The van der Waals surface area contributed by atoms with Gasteiger partial charge in [-0.15, -0.1) is 0 Å². The minimum Gasteiger partial charge on any atom is -0.464 e. The first-order chi connectivity index (χ1) is 14.5. The number of rotatable bonds is 4. The van der Waals surface area contributed by atoms with Crippen LogP contribution in [0, 0.1) is 13.0 Å². The zero-order valence-corrected chi connectivity index (χ0v) is 17.0. The molecule has 147 valence electrons. The minimum absolute atomic E-state index is 0.457. The molecule has 0 atom stereocenters. The molecule has 1 amide bonds. The van der Waals surface area contributed by atoms with Gasteiger partial charge in [-0.3, -0.25) is 4.79 Å². The SMILES string of the molecule is Cc1ccc(Cn2c3cc(-c4ccco4)c[c]c3c3c(C(N)=O)cccc32)cc1Cl. The zero-order valence-electron chi connectivity index (χ0n) is 16.3. The molecule has 3 aromatic carbocycles. The lowest BCUT2D eigenvalue weighted by molar-refractivity contribution is 0.100. The van der Waals surface area contributed by atoms with Crippen molar-refractivity contribution in [1.82, 2.24) is 4.57 Å². The molecule has 0 bridgehead atoms. The van der Waals surface area contributed by atoms with Crippen LogP contribution < -0.4 is 5.73 Å². The second-order valence-corrected chi connectivity index (χ2v) is 7.77. The Bertz CT molecular complexity index is 1410. The maximum Gasteiger partial charge on any atom is 0.249 e. The maximum absolute atomic E-state index is 12.1. The fourth-order valence-corrected chi connectivity index (χ4v) is 4.14. The van der Waals surface area contributed by atoms with Gasteiger partial charge in [-0.1, -0.05) is 29.8 Å². The summed E-state index contributed by atoms with van der Waals surface area (Å²) in [4.78, 5) is 12.1. The van der Waals surface area contributed by atoms with Crippen molar-refractivity contribution in [3.05, 3.63) is 94.7 Å². The summed E-state index contributed by atoms with van der Waals surface area (Å²) in [5, 5.41) is 2.39. The predicted molar refractivity (Wildman–Crippen MR) is 120 cm³/mol. The van der Waals surface area contributed by atoms with Gasteiger partial charge in [0.05, 0.1) is 17.3 Å². The van der Waals surface area contributed by atoms with E-state index in [0.29, 0.717) is 12.1 Å². The summed E-state index contributed by atoms with van der Waals surface area (Å²) in [7, 11) is 0. The van der Waals surface area contributed by atoms with Crippen LogP contribution >= 0.6 is 11.6 Å². The number of nitrogens with zero attached hydrogens (tertiary/aromatic N) is 1. The number of fused-ring (bicyclic) bond motifs is 3. The van der Waals surface area contributed by atoms with E-state index in [-0.39, 0.29) is 0 Å². The molecular weight excluding hydrogens is 396 g/mol. The van der Waals surface area contributed by atoms with Gasteiger partial charge in [0.1, 0.15) is 5.76 Å². The largest absolute Gasteiger partial charge is 0.464 e. The molecule has 0 saturated heterocycles. The Morgan fingerprint density at radius 1 is 1.13 bits per heavy atom. The van der Waals surface area contributed by atoms with Crippen LogP contribution in [0.5, 0.6) is 0 Å². The highest BCUT2D eigenvalue weighted by Gasteiger charge is 2.18. The molecule has 1 radical (unpaired) electrons. The maximum atomic E-state index is 12.1. The van der Waals surface area contributed by atoms with E-state index >= 15 is 0 Å². The normalized spacial score (nSPS) is 11.4. The Kier molecular flexibility index (Phi) is 4.37. The number of nitrogens with two attached hydrogens (primary N) is 1. The molecule has 0 aliphatic carbocycles. The summed E-state index contributed by atoms with van der Waals surface area (Å²) in [5.41, 5.74) is 11.1. The van der Waals surface area contributed by atoms with Crippen LogP contribution in [0.25, 0.3) is 33.1 Å². The average molecular weight is 414 g/mol. The van der Waals surface area contributed by atoms with Crippen molar-refractivity contribution in [2.24, 2.45) is 5.73 Å². The Balaban J connectivity index is 1.80. The first-order valence-corrected chi connectivity index (χ1v) is 9.96. The second kappa shape index (κ2) is 7.08. The molecule has 2 heterocycles. The lowest BCUT2D eigenvalue weighted by atomic mass is 10.0. The van der Waals surface area contributed by atoms with Gasteiger partial charge in [0, 0.05) is 33.5 Å². The van der Waals surface area contributed by atoms with E-state index in [0.717, 1.165) is 49.3 Å². The third kappa shape index (κ3) is 2.97. The molecular formula is C25H18ClN2O2. The van der Waals surface area contributed by atoms with Crippen molar-refractivity contribution in [2.75, 3.05) is 0 Å². The number of amides is 1. The van der Waals surface area contributed by atoms with Crippen LogP contribution in [0.15, 0.2) is 71.3 Å². The van der Waals surface area contributed by atoms with Crippen LogP contribution in [0.2, 0.25) is 5.02 Å². The highest BCUT2D eigenvalue weighted by Crippen LogP contribution is 2.35. The molecule has 0 fully saturated rings. The van der Waals surface area contributed by atoms with Crippen molar-refractivity contribution >= 4 is 39.3 Å². The van der Waals surface area contributed by atoms with Crippen molar-refractivity contribution in [3.63, 3.8) is 0 Å². The van der Waals surface area contributed by atoms with E-state index in [4.69, 9.17) is 21.8 Å². The number of carbonyl (C=O) groups is 1. The van der Waals surface area contributed by atoms with Crippen LogP contribution in [0.1, 0.15) is 21.5 Å². The monoisotopic (exact) mass is 413 g/mol. The van der Waals surface area contributed by atoms with Crippen molar-refractivity contribution in [1.29, 1.82) is 0 Å². The fourth-order valence-electron chi connectivity index (χ4n) is 3.93. The molecule has 5 heteroatoms. The summed E-state index contributed by atoms with van der Waals surface area (Å²) < 4.78 is 7.74. The van der Waals surface area contributed by atoms with Crippen molar-refractivity contribution < 1.29 is 9.21 Å². The van der Waals surface area contributed by atoms with Crippen LogP contribution in [-0.4, -0.2) is 10.5 Å². The summed E-state index contributed by atoms with van der Waals surface area (Å²) in [6.07, 6.45) is 1.65. The van der Waals surface area contributed by atoms with Crippen LogP contribution in [-0.2, 0) is 6.54 Å². The molecule has 0 spiro atoms. The Morgan fingerprint density at radius 2 is 2.00 bits per heavy atom. The molecule has 0 saturated carbocycles. The number of benzene rings is 3. The van der Waals surface area contributed by atoms with Crippen molar-refractivity contribution in [3.8, 4) is 11.3 Å². The van der Waals surface area contributed by atoms with Gasteiger partial charge in [0.2, 0.25) is 5.91 Å². The lowest BCUT2D eigenvalue weighted by Gasteiger charge is -2.10. The number of hydrogen-bond donors (Lipinski definition) is 1. The molecule has 0 unspecified atom stereocenters. The zero-order chi connectivity index (χ0) is 20.8. The molecule has 2 aromatic heterocycles. The highest BCUT2D eigenvalue weighted by atomic mass is 35.5. The summed E-state index contributed by atoms with van der Waals surface area (Å²) in [5.74, 6) is 0.306. The first-order valence-electron chi connectivity index (χ1n) is 9.58. The quantitative estimate of drug-likeness (QED) is 0.395. The number of hydrogen-bond acceptors (Lipinski definition) is 2. The van der Waals surface area contributed by atoms with Crippen LogP contribution in [0.3, 0.4) is 0 Å². The fraction of sp³-hybridized carbons (Fsp3) is 0.0800. The van der Waals surface area contributed by atoms with E-state index in [1.807, 2.05) is 49.4 Å². The molecule has 30 heavy (non-hydrogen) atoms. The third-order valence-corrected chi connectivity index (χ3v) is 5.85. The van der Waals surface area contributed by atoms with Gasteiger partial charge in [-0.05, 0) is 66.6 Å². The van der Waals surface area contributed by atoms with Crippen molar-refractivity contribution in [2.45, 2.75) is 13.5 Å². The van der Waals surface area contributed by atoms with E-state index in [1.165, 1.54) is 0 Å². The number of aromatic nitrogens is 1. The predicted octanol–water partition coefficient (Wildman–Crippen LogP) is 5.96. The smallest absolute Gasteiger partial charge is 0.249 e. The van der Waals surface area contributed by atoms with E-state index in [1.54, 1.807) is 12.3 Å². The van der Waals surface area contributed by atoms with Gasteiger partial charge in [-0.2, -0.15) is 0 Å². The van der Waals surface area contributed by atoms with Gasteiger partial charge in [-0.25, -0.2) is 0 Å². The number of halogens is 1. The average Bonchev–Trinajstić information content (AvgIpc) is 3.38. The number of furan rings is 1. The summed E-state index contributed by atoms with van der Waals surface area (Å²) in [6, 6.07) is 22.7. The number of carbonyl (C=O) groups excluding carboxylic acids is 1. The van der Waals surface area contributed by atoms with Gasteiger partial charge >= 0.3 is 0 Å². The second-order valence-electron chi connectivity index (χ2n) is 7.36. The van der Waals surface area contributed by atoms with Crippen LogP contribution in [0.4, 0.5) is 0 Å². The van der Waals surface area contributed by atoms with E-state index in [9.17, 15) is 4.79 Å². The van der Waals surface area contributed by atoms with Gasteiger partial charge in [0.15, 0.2) is 0 Å². The van der Waals surface area contributed by atoms with E-state index < -0.39 is 5.91 Å². The molecule has 5 aromatic rings. The molecule has 2 N–H and O–H groups in total. The molecule has 0 aliphatic heterocycles. The molecule has 5 rings (SSSR count). The lowest BCUT2D eigenvalue weighted by Crippen LogP contribution is -2.11. The van der Waals surface area contributed by atoms with E-state index in [2.05, 4.69) is 22.8 Å². The minimum atomic E-state index is -0.457. The Labute approximate surface area is 178 Å². The third-order valence-electron chi connectivity index (χ3n) is 5.44. The van der Waals surface area contributed by atoms with Gasteiger partial charge < -0.3 is 14.7 Å². The first kappa shape index (κ1) is 18.5.